The fraction of sp³-hybridized carbons (Fsp3) is 0.538. The number of hydrogen-bond acceptors (Lipinski definition) is 5. The molecule has 1 aliphatic heterocycles. The van der Waals surface area contributed by atoms with E-state index in [0.717, 1.165) is 25.9 Å². The summed E-state index contributed by atoms with van der Waals surface area (Å²) in [6.07, 6.45) is 4.72. The molecule has 1 unspecified atom stereocenters. The van der Waals surface area contributed by atoms with Crippen molar-refractivity contribution in [2.45, 2.75) is 32.2 Å². The molecule has 2 aromatic rings. The van der Waals surface area contributed by atoms with Crippen LogP contribution in [0.15, 0.2) is 17.2 Å². The molecular formula is C13H18N6O2. The van der Waals surface area contributed by atoms with Gasteiger partial charge in [-0.15, -0.1) is 0 Å². The summed E-state index contributed by atoms with van der Waals surface area (Å²) in [5.41, 5.74) is 0.136. The highest BCUT2D eigenvalue weighted by molar-refractivity contribution is 5.84. The number of piperidine rings is 1. The molecule has 0 spiro atoms. The van der Waals surface area contributed by atoms with Gasteiger partial charge in [0, 0.05) is 19.2 Å². The van der Waals surface area contributed by atoms with E-state index in [-0.39, 0.29) is 17.6 Å². The Hall–Kier alpha value is -2.38. The fourth-order valence-corrected chi connectivity index (χ4v) is 2.56. The average molecular weight is 290 g/mol. The maximum Gasteiger partial charge on any atom is 0.348 e. The van der Waals surface area contributed by atoms with Gasteiger partial charge in [-0.1, -0.05) is 0 Å². The number of aromatic nitrogens is 4. The van der Waals surface area contributed by atoms with Gasteiger partial charge < -0.3 is 10.2 Å². The average Bonchev–Trinajstić information content (AvgIpc) is 2.88. The number of carbonyl (C=O) groups is 1. The standard InChI is InChI=1S/C13H18N6O2/c1-9(12(20)18-5-3-2-4-6-18)15-10-7-11-16-17-13(21)19(11)8-14-10/h7-9,15H,2-6H2,1H3,(H,17,21). The highest BCUT2D eigenvalue weighted by atomic mass is 16.2. The summed E-state index contributed by atoms with van der Waals surface area (Å²) in [7, 11) is 0. The van der Waals surface area contributed by atoms with Crippen LogP contribution in [-0.2, 0) is 4.79 Å². The van der Waals surface area contributed by atoms with Crippen LogP contribution in [0.1, 0.15) is 26.2 Å². The third-order valence-corrected chi connectivity index (χ3v) is 3.71. The van der Waals surface area contributed by atoms with Crippen LogP contribution in [0.4, 0.5) is 5.82 Å². The van der Waals surface area contributed by atoms with E-state index in [0.29, 0.717) is 11.5 Å². The van der Waals surface area contributed by atoms with Gasteiger partial charge in [-0.3, -0.25) is 4.79 Å². The number of anilines is 1. The van der Waals surface area contributed by atoms with Crippen molar-refractivity contribution in [3.63, 3.8) is 0 Å². The first-order valence-electron chi connectivity index (χ1n) is 7.13. The molecule has 1 saturated heterocycles. The molecule has 0 aliphatic carbocycles. The zero-order valence-electron chi connectivity index (χ0n) is 11.9. The lowest BCUT2D eigenvalue weighted by atomic mass is 10.1. The van der Waals surface area contributed by atoms with Crippen molar-refractivity contribution in [2.24, 2.45) is 0 Å². The summed E-state index contributed by atoms with van der Waals surface area (Å²) in [5, 5.41) is 9.29. The molecule has 1 fully saturated rings. The molecule has 2 N–H and O–H groups in total. The van der Waals surface area contributed by atoms with E-state index in [1.165, 1.54) is 17.1 Å². The SMILES string of the molecule is CC(Nc1cc2n[nH]c(=O)n2cn1)C(=O)N1CCCCC1. The topological polar surface area (TPSA) is 95.4 Å². The molecule has 0 radical (unpaired) electrons. The molecule has 0 saturated carbocycles. The molecule has 3 rings (SSSR count). The lowest BCUT2D eigenvalue weighted by Crippen LogP contribution is -2.44. The minimum Gasteiger partial charge on any atom is -0.358 e. The van der Waals surface area contributed by atoms with Crippen LogP contribution in [0.5, 0.6) is 0 Å². The minimum atomic E-state index is -0.358. The number of nitrogens with one attached hydrogen (secondary N) is 2. The van der Waals surface area contributed by atoms with Crippen molar-refractivity contribution in [3.05, 3.63) is 22.9 Å². The number of nitrogens with zero attached hydrogens (tertiary/aromatic N) is 4. The monoisotopic (exact) mass is 290 g/mol. The van der Waals surface area contributed by atoms with Crippen LogP contribution in [0.25, 0.3) is 5.65 Å². The van der Waals surface area contributed by atoms with Crippen LogP contribution < -0.4 is 11.0 Å². The van der Waals surface area contributed by atoms with Crippen LogP contribution in [0, 0.1) is 0 Å². The van der Waals surface area contributed by atoms with Crippen LogP contribution in [0.2, 0.25) is 0 Å². The Kier molecular flexibility index (Phi) is 3.59. The first-order valence-corrected chi connectivity index (χ1v) is 7.13. The fourth-order valence-electron chi connectivity index (χ4n) is 2.56. The lowest BCUT2D eigenvalue weighted by Gasteiger charge is -2.29. The van der Waals surface area contributed by atoms with Crippen LogP contribution in [0.3, 0.4) is 0 Å². The number of carbonyl (C=O) groups excluding carboxylic acids is 1. The van der Waals surface area contributed by atoms with E-state index in [9.17, 15) is 9.59 Å². The molecule has 8 nitrogen and oxygen atoms in total. The maximum absolute atomic E-state index is 12.3. The third-order valence-electron chi connectivity index (χ3n) is 3.71. The summed E-state index contributed by atoms with van der Waals surface area (Å²) in [5.74, 6) is 0.607. The molecule has 1 atom stereocenters. The van der Waals surface area contributed by atoms with Crippen molar-refractivity contribution >= 4 is 17.4 Å². The number of likely N-dealkylation sites (tertiary alicyclic amines) is 1. The lowest BCUT2D eigenvalue weighted by molar-refractivity contribution is -0.132. The Morgan fingerprint density at radius 1 is 1.38 bits per heavy atom. The molecule has 112 valence electrons. The number of H-pyrrole nitrogens is 1. The third kappa shape index (κ3) is 2.74. The quantitative estimate of drug-likeness (QED) is 0.843. The summed E-state index contributed by atoms with van der Waals surface area (Å²) >= 11 is 0. The molecule has 21 heavy (non-hydrogen) atoms. The molecule has 3 heterocycles. The zero-order chi connectivity index (χ0) is 14.8. The van der Waals surface area contributed by atoms with Gasteiger partial charge in [0.2, 0.25) is 5.91 Å². The molecular weight excluding hydrogens is 272 g/mol. The molecule has 1 aliphatic rings. The van der Waals surface area contributed by atoms with Crippen molar-refractivity contribution in [1.82, 2.24) is 24.5 Å². The van der Waals surface area contributed by atoms with E-state index in [4.69, 9.17) is 0 Å². The Morgan fingerprint density at radius 3 is 2.90 bits per heavy atom. The number of aromatic amines is 1. The maximum atomic E-state index is 12.3. The smallest absolute Gasteiger partial charge is 0.348 e. The molecule has 0 aromatic carbocycles. The van der Waals surface area contributed by atoms with Gasteiger partial charge >= 0.3 is 5.69 Å². The van der Waals surface area contributed by atoms with Gasteiger partial charge in [0.05, 0.1) is 0 Å². The Morgan fingerprint density at radius 2 is 2.14 bits per heavy atom. The second-order valence-electron chi connectivity index (χ2n) is 5.28. The molecule has 0 bridgehead atoms. The Labute approximate surface area is 121 Å². The van der Waals surface area contributed by atoms with Crippen molar-refractivity contribution < 1.29 is 4.79 Å². The molecule has 1 amide bonds. The predicted molar refractivity (Wildman–Crippen MR) is 77.1 cm³/mol. The second-order valence-corrected chi connectivity index (χ2v) is 5.28. The molecule has 2 aromatic heterocycles. The predicted octanol–water partition coefficient (Wildman–Crippen LogP) is 0.230. The summed E-state index contributed by atoms with van der Waals surface area (Å²) in [6.45, 7) is 3.47. The minimum absolute atomic E-state index is 0.0794. The van der Waals surface area contributed by atoms with Gasteiger partial charge in [0.15, 0.2) is 5.65 Å². The second kappa shape index (κ2) is 5.55. The first-order chi connectivity index (χ1) is 10.1. The molecule has 8 heteroatoms. The van der Waals surface area contributed by atoms with E-state index in [1.807, 2.05) is 11.8 Å². The largest absolute Gasteiger partial charge is 0.358 e. The Balaban J connectivity index is 1.71. The van der Waals surface area contributed by atoms with E-state index >= 15 is 0 Å². The number of rotatable bonds is 3. The van der Waals surface area contributed by atoms with E-state index in [2.05, 4.69) is 20.5 Å². The summed E-state index contributed by atoms with van der Waals surface area (Å²) in [6, 6.07) is 1.28. The van der Waals surface area contributed by atoms with Crippen molar-refractivity contribution in [3.8, 4) is 0 Å². The van der Waals surface area contributed by atoms with Gasteiger partial charge in [-0.25, -0.2) is 19.3 Å². The van der Waals surface area contributed by atoms with Gasteiger partial charge in [0.25, 0.3) is 0 Å². The van der Waals surface area contributed by atoms with E-state index in [1.54, 1.807) is 6.07 Å². The van der Waals surface area contributed by atoms with Gasteiger partial charge in [-0.05, 0) is 26.2 Å². The summed E-state index contributed by atoms with van der Waals surface area (Å²) < 4.78 is 1.31. The van der Waals surface area contributed by atoms with Gasteiger partial charge in [0.1, 0.15) is 18.2 Å². The number of hydrogen-bond donors (Lipinski definition) is 2. The van der Waals surface area contributed by atoms with Crippen LogP contribution in [-0.4, -0.2) is 49.5 Å². The van der Waals surface area contributed by atoms with Crippen LogP contribution >= 0.6 is 0 Å². The number of fused-ring (bicyclic) bond motifs is 1. The van der Waals surface area contributed by atoms with Crippen molar-refractivity contribution in [2.75, 3.05) is 18.4 Å². The van der Waals surface area contributed by atoms with Crippen molar-refractivity contribution in [1.29, 1.82) is 0 Å². The highest BCUT2D eigenvalue weighted by Crippen LogP contribution is 2.12. The number of amides is 1. The highest BCUT2D eigenvalue weighted by Gasteiger charge is 2.22. The van der Waals surface area contributed by atoms with Gasteiger partial charge in [-0.2, -0.15) is 5.10 Å². The normalized spacial score (nSPS) is 16.9. The Bertz CT molecular complexity index is 700. The van der Waals surface area contributed by atoms with E-state index < -0.39 is 0 Å². The summed E-state index contributed by atoms with van der Waals surface area (Å²) in [4.78, 5) is 29.7. The first kappa shape index (κ1) is 13.6. The zero-order valence-corrected chi connectivity index (χ0v) is 11.9.